The number of hydrogen-bond donors (Lipinski definition) is 1. The Balaban J connectivity index is 2.38. The molecule has 6 nitrogen and oxygen atoms in total. The largest absolute Gasteiger partial charge is 0.618 e. The summed E-state index contributed by atoms with van der Waals surface area (Å²) in [6.07, 6.45) is 0. The Bertz CT molecular complexity index is 953. The molecule has 1 unspecified atom stereocenters. The molecule has 2 aromatic carbocycles. The molecular weight excluding hydrogens is 308 g/mol. The van der Waals surface area contributed by atoms with Gasteiger partial charge in [-0.1, -0.05) is 30.3 Å². The summed E-state index contributed by atoms with van der Waals surface area (Å²) in [6, 6.07) is 12.7. The van der Waals surface area contributed by atoms with Crippen molar-refractivity contribution >= 4 is 16.8 Å². The molecule has 6 heteroatoms. The molecule has 1 N–H and O–H groups in total. The van der Waals surface area contributed by atoms with Crippen LogP contribution in [0.25, 0.3) is 11.0 Å². The van der Waals surface area contributed by atoms with E-state index in [-0.39, 0.29) is 34.0 Å². The Morgan fingerprint density at radius 3 is 2.12 bits per heavy atom. The molecule has 1 heterocycles. The van der Waals surface area contributed by atoms with Crippen molar-refractivity contribution in [1.29, 1.82) is 0 Å². The summed E-state index contributed by atoms with van der Waals surface area (Å²) in [5, 5.41) is 35.5. The smallest absolute Gasteiger partial charge is 0.290 e. The summed E-state index contributed by atoms with van der Waals surface area (Å²) in [4.78, 5) is 12.3. The predicted molar refractivity (Wildman–Crippen MR) is 87.2 cm³/mol. The Labute approximate surface area is 138 Å². The number of hydrogen-bond acceptors (Lipinski definition) is 4. The van der Waals surface area contributed by atoms with Gasteiger partial charge in [0.25, 0.3) is 22.4 Å². The molecule has 0 aliphatic heterocycles. The molecule has 0 amide bonds. The monoisotopic (exact) mass is 324 g/mol. The summed E-state index contributed by atoms with van der Waals surface area (Å²) >= 11 is 0. The first kappa shape index (κ1) is 15.7. The fourth-order valence-electron chi connectivity index (χ4n) is 2.99. The summed E-state index contributed by atoms with van der Waals surface area (Å²) in [5.74, 6) is -1.45. The van der Waals surface area contributed by atoms with Gasteiger partial charge in [-0.2, -0.15) is 9.46 Å². The van der Waals surface area contributed by atoms with Gasteiger partial charge in [0, 0.05) is 24.6 Å². The third-order valence-corrected chi connectivity index (χ3v) is 4.14. The second-order valence-electron chi connectivity index (χ2n) is 5.65. The first-order valence-electron chi connectivity index (χ1n) is 7.46. The van der Waals surface area contributed by atoms with Gasteiger partial charge in [0.2, 0.25) is 0 Å². The zero-order chi connectivity index (χ0) is 17.4. The predicted octanol–water partition coefficient (Wildman–Crippen LogP) is 1.84. The molecule has 0 aliphatic carbocycles. The van der Waals surface area contributed by atoms with Gasteiger partial charge in [0.15, 0.2) is 0 Å². The van der Waals surface area contributed by atoms with Crippen molar-refractivity contribution in [3.05, 3.63) is 75.9 Å². The number of carbonyl (C=O) groups is 1. The fourth-order valence-corrected chi connectivity index (χ4v) is 2.99. The lowest BCUT2D eigenvalue weighted by Crippen LogP contribution is -2.46. The number of ketones is 1. The normalized spacial score (nSPS) is 12.2. The Kier molecular flexibility index (Phi) is 3.81. The molecule has 1 atom stereocenters. The molecule has 0 aliphatic rings. The van der Waals surface area contributed by atoms with E-state index in [2.05, 4.69) is 0 Å². The standard InChI is InChI=1S/C18H16N2O4/c1-11-18(17(12(2)21)13-7-3-6-10-16(13)22)20(24)15-9-5-4-8-14(15)19(11)23/h3-10,17,22H,1-2H3. The van der Waals surface area contributed by atoms with Crippen molar-refractivity contribution in [2.45, 2.75) is 19.8 Å². The van der Waals surface area contributed by atoms with Crippen LogP contribution in [0.2, 0.25) is 0 Å². The second kappa shape index (κ2) is 5.81. The van der Waals surface area contributed by atoms with Gasteiger partial charge < -0.3 is 15.5 Å². The van der Waals surface area contributed by atoms with Crippen molar-refractivity contribution in [3.63, 3.8) is 0 Å². The fraction of sp³-hybridized carbons (Fsp3) is 0.167. The number of phenolic OH excluding ortho intramolecular Hbond substituents is 1. The van der Waals surface area contributed by atoms with E-state index in [4.69, 9.17) is 0 Å². The van der Waals surface area contributed by atoms with Crippen LogP contribution < -0.4 is 9.46 Å². The van der Waals surface area contributed by atoms with Gasteiger partial charge in [-0.15, -0.1) is 0 Å². The van der Waals surface area contributed by atoms with E-state index in [9.17, 15) is 20.3 Å². The van der Waals surface area contributed by atoms with E-state index < -0.39 is 5.92 Å². The van der Waals surface area contributed by atoms with E-state index in [1.54, 1.807) is 36.4 Å². The summed E-state index contributed by atoms with van der Waals surface area (Å²) in [5.41, 5.74) is 0.862. The van der Waals surface area contributed by atoms with Crippen LogP contribution >= 0.6 is 0 Å². The minimum Gasteiger partial charge on any atom is -0.618 e. The number of phenols is 1. The average molecular weight is 324 g/mol. The second-order valence-corrected chi connectivity index (χ2v) is 5.65. The molecule has 0 radical (unpaired) electrons. The first-order valence-corrected chi connectivity index (χ1v) is 7.46. The molecule has 0 fully saturated rings. The van der Waals surface area contributed by atoms with Crippen LogP contribution in [-0.4, -0.2) is 10.9 Å². The highest BCUT2D eigenvalue weighted by Gasteiger charge is 2.36. The van der Waals surface area contributed by atoms with Gasteiger partial charge in [0.05, 0.1) is 0 Å². The minimum absolute atomic E-state index is 0.0256. The quantitative estimate of drug-likeness (QED) is 0.588. The zero-order valence-corrected chi connectivity index (χ0v) is 13.3. The number of nitrogens with zero attached hydrogens (tertiary/aromatic N) is 2. The molecular formula is C18H16N2O4. The van der Waals surface area contributed by atoms with E-state index in [0.717, 1.165) is 0 Å². The highest BCUT2D eigenvalue weighted by molar-refractivity contribution is 5.87. The zero-order valence-electron chi connectivity index (χ0n) is 13.3. The minimum atomic E-state index is -1.02. The number of aromatic nitrogens is 2. The van der Waals surface area contributed by atoms with Gasteiger partial charge in [-0.05, 0) is 13.0 Å². The highest BCUT2D eigenvalue weighted by atomic mass is 16.5. The van der Waals surface area contributed by atoms with Gasteiger partial charge in [-0.25, -0.2) is 0 Å². The van der Waals surface area contributed by atoms with Crippen molar-refractivity contribution in [2.24, 2.45) is 0 Å². The lowest BCUT2D eigenvalue weighted by atomic mass is 9.90. The summed E-state index contributed by atoms with van der Waals surface area (Å²) in [7, 11) is 0. The van der Waals surface area contributed by atoms with E-state index >= 15 is 0 Å². The molecule has 0 spiro atoms. The summed E-state index contributed by atoms with van der Waals surface area (Å²) < 4.78 is 1.26. The number of para-hydroxylation sites is 3. The molecule has 0 saturated carbocycles. The van der Waals surface area contributed by atoms with Crippen LogP contribution in [0.5, 0.6) is 5.75 Å². The molecule has 3 aromatic rings. The van der Waals surface area contributed by atoms with E-state index in [1.165, 1.54) is 26.0 Å². The molecule has 122 valence electrons. The maximum atomic E-state index is 12.9. The number of rotatable bonds is 3. The number of aromatic hydroxyl groups is 1. The topological polar surface area (TPSA) is 91.2 Å². The molecule has 0 saturated heterocycles. The Hall–Kier alpha value is -3.15. The maximum Gasteiger partial charge on any atom is 0.290 e. The van der Waals surface area contributed by atoms with Crippen LogP contribution in [0, 0.1) is 17.3 Å². The lowest BCUT2D eigenvalue weighted by molar-refractivity contribution is -0.639. The van der Waals surface area contributed by atoms with Crippen LogP contribution in [-0.2, 0) is 4.79 Å². The number of Topliss-reactive ketones (excluding diaryl/α,β-unsaturated/α-hetero) is 1. The van der Waals surface area contributed by atoms with Gasteiger partial charge in [0.1, 0.15) is 17.5 Å². The van der Waals surface area contributed by atoms with Crippen molar-refractivity contribution in [2.75, 3.05) is 0 Å². The number of benzene rings is 2. The van der Waals surface area contributed by atoms with Crippen LogP contribution in [0.4, 0.5) is 0 Å². The first-order chi connectivity index (χ1) is 11.4. The van der Waals surface area contributed by atoms with Crippen LogP contribution in [0.3, 0.4) is 0 Å². The Morgan fingerprint density at radius 1 is 1.00 bits per heavy atom. The third kappa shape index (κ3) is 2.32. The van der Waals surface area contributed by atoms with Crippen molar-refractivity contribution in [3.8, 4) is 5.75 Å². The average Bonchev–Trinajstić information content (AvgIpc) is 2.57. The molecule has 0 bridgehead atoms. The molecule has 3 rings (SSSR count). The number of fused-ring (bicyclic) bond motifs is 1. The Morgan fingerprint density at radius 2 is 1.54 bits per heavy atom. The van der Waals surface area contributed by atoms with Gasteiger partial charge >= 0.3 is 0 Å². The van der Waals surface area contributed by atoms with Crippen molar-refractivity contribution < 1.29 is 19.4 Å². The van der Waals surface area contributed by atoms with Crippen molar-refractivity contribution in [1.82, 2.24) is 0 Å². The summed E-state index contributed by atoms with van der Waals surface area (Å²) in [6.45, 7) is 2.83. The lowest BCUT2D eigenvalue weighted by Gasteiger charge is -2.17. The number of carbonyl (C=O) groups excluding carboxylic acids is 1. The SMILES string of the molecule is CC(=O)C(c1ccccc1O)c1c(C)[n+]([O-])c2ccccc2[n+]1[O-]. The molecule has 1 aromatic heterocycles. The maximum absolute atomic E-state index is 12.9. The highest BCUT2D eigenvalue weighted by Crippen LogP contribution is 2.31. The third-order valence-electron chi connectivity index (χ3n) is 4.14. The van der Waals surface area contributed by atoms with Crippen LogP contribution in [0.15, 0.2) is 48.5 Å². The van der Waals surface area contributed by atoms with E-state index in [1.807, 2.05) is 0 Å². The van der Waals surface area contributed by atoms with E-state index in [0.29, 0.717) is 15.0 Å². The molecule has 24 heavy (non-hydrogen) atoms. The van der Waals surface area contributed by atoms with Gasteiger partial charge in [-0.3, -0.25) is 4.79 Å². The van der Waals surface area contributed by atoms with Crippen LogP contribution in [0.1, 0.15) is 29.8 Å².